The van der Waals surface area contributed by atoms with Gasteiger partial charge in [-0.3, -0.25) is 14.4 Å². The van der Waals surface area contributed by atoms with Crippen molar-refractivity contribution >= 4 is 11.8 Å². The van der Waals surface area contributed by atoms with Crippen LogP contribution in [-0.4, -0.2) is 40.6 Å². The highest BCUT2D eigenvalue weighted by molar-refractivity contribution is 5.94. The van der Waals surface area contributed by atoms with Gasteiger partial charge >= 0.3 is 0 Å². The molecule has 154 valence electrons. The molecule has 0 radical (unpaired) electrons. The Morgan fingerprint density at radius 3 is 2.53 bits per heavy atom. The van der Waals surface area contributed by atoms with Crippen molar-refractivity contribution in [1.82, 2.24) is 20.0 Å². The van der Waals surface area contributed by atoms with Crippen molar-refractivity contribution in [3.8, 4) is 5.69 Å². The van der Waals surface area contributed by atoms with E-state index in [1.54, 1.807) is 57.4 Å². The largest absolute Gasteiger partial charge is 0.346 e. The van der Waals surface area contributed by atoms with Crippen LogP contribution in [0.25, 0.3) is 5.69 Å². The zero-order valence-corrected chi connectivity index (χ0v) is 16.8. The number of benzene rings is 2. The number of hydrogen-bond donors (Lipinski definition) is 1. The molecular formula is C22H21FN4O3. The third-order valence-electron chi connectivity index (χ3n) is 4.44. The van der Waals surface area contributed by atoms with Crippen LogP contribution in [0.4, 0.5) is 4.39 Å². The van der Waals surface area contributed by atoms with Crippen molar-refractivity contribution in [2.75, 3.05) is 14.1 Å². The standard InChI is InChI=1S/C22H21FN4O3/c1-14-11-19(28)20(25-27(14)18-10-5-4-9-17(18)23)21(29)24-13-15-7-6-8-16(12-15)22(30)26(2)3/h4-12H,13H2,1-3H3,(H,24,29). The summed E-state index contributed by atoms with van der Waals surface area (Å²) < 4.78 is 15.4. The van der Waals surface area contributed by atoms with Crippen molar-refractivity contribution in [1.29, 1.82) is 0 Å². The van der Waals surface area contributed by atoms with Gasteiger partial charge in [-0.2, -0.15) is 5.10 Å². The first-order valence-electron chi connectivity index (χ1n) is 9.22. The van der Waals surface area contributed by atoms with Crippen LogP contribution in [0.2, 0.25) is 0 Å². The molecule has 0 atom stereocenters. The molecule has 3 rings (SSSR count). The molecular weight excluding hydrogens is 387 g/mol. The van der Waals surface area contributed by atoms with Gasteiger partial charge in [0.1, 0.15) is 11.5 Å². The summed E-state index contributed by atoms with van der Waals surface area (Å²) in [6.45, 7) is 1.71. The monoisotopic (exact) mass is 408 g/mol. The molecule has 0 spiro atoms. The van der Waals surface area contributed by atoms with Crippen LogP contribution in [-0.2, 0) is 6.54 Å². The van der Waals surface area contributed by atoms with Gasteiger partial charge in [-0.25, -0.2) is 9.07 Å². The van der Waals surface area contributed by atoms with E-state index in [1.807, 2.05) is 0 Å². The summed E-state index contributed by atoms with van der Waals surface area (Å²) in [7, 11) is 3.31. The smallest absolute Gasteiger partial charge is 0.276 e. The number of para-hydroxylation sites is 1. The van der Waals surface area contributed by atoms with Crippen molar-refractivity contribution in [3.63, 3.8) is 0 Å². The summed E-state index contributed by atoms with van der Waals surface area (Å²) in [4.78, 5) is 38.4. The lowest BCUT2D eigenvalue weighted by Gasteiger charge is -2.13. The first-order chi connectivity index (χ1) is 14.3. The van der Waals surface area contributed by atoms with E-state index in [1.165, 1.54) is 27.8 Å². The summed E-state index contributed by atoms with van der Waals surface area (Å²) in [5, 5.41) is 6.71. The number of aryl methyl sites for hydroxylation is 1. The summed E-state index contributed by atoms with van der Waals surface area (Å²) >= 11 is 0. The highest BCUT2D eigenvalue weighted by Gasteiger charge is 2.17. The quantitative estimate of drug-likeness (QED) is 0.702. The van der Waals surface area contributed by atoms with Crippen LogP contribution in [0, 0.1) is 12.7 Å². The predicted octanol–water partition coefficient (Wildman–Crippen LogP) is 2.31. The Kier molecular flexibility index (Phi) is 6.06. The Labute approximate surface area is 172 Å². The molecule has 0 aliphatic rings. The van der Waals surface area contributed by atoms with Crippen molar-refractivity contribution in [2.45, 2.75) is 13.5 Å². The molecule has 2 amide bonds. The Balaban J connectivity index is 1.84. The van der Waals surface area contributed by atoms with Crippen LogP contribution < -0.4 is 10.7 Å². The van der Waals surface area contributed by atoms with Crippen molar-refractivity contribution in [3.05, 3.63) is 93.2 Å². The molecule has 30 heavy (non-hydrogen) atoms. The van der Waals surface area contributed by atoms with Gasteiger partial charge < -0.3 is 10.2 Å². The molecule has 0 fully saturated rings. The average molecular weight is 408 g/mol. The fraction of sp³-hybridized carbons (Fsp3) is 0.182. The summed E-state index contributed by atoms with van der Waals surface area (Å²) in [6, 6.07) is 14.0. The predicted molar refractivity (Wildman–Crippen MR) is 110 cm³/mol. The number of amides is 2. The average Bonchev–Trinajstić information content (AvgIpc) is 2.72. The molecule has 0 bridgehead atoms. The van der Waals surface area contributed by atoms with Gasteiger partial charge in [-0.1, -0.05) is 24.3 Å². The van der Waals surface area contributed by atoms with Gasteiger partial charge in [-0.15, -0.1) is 0 Å². The van der Waals surface area contributed by atoms with Gasteiger partial charge in [0, 0.05) is 38.0 Å². The van der Waals surface area contributed by atoms with Gasteiger partial charge in [-0.05, 0) is 36.8 Å². The van der Waals surface area contributed by atoms with Gasteiger partial charge in [0.15, 0.2) is 5.69 Å². The minimum Gasteiger partial charge on any atom is -0.346 e. The molecule has 0 unspecified atom stereocenters. The van der Waals surface area contributed by atoms with E-state index in [-0.39, 0.29) is 23.8 Å². The molecule has 0 aliphatic carbocycles. The van der Waals surface area contributed by atoms with Gasteiger partial charge in [0.25, 0.3) is 11.8 Å². The highest BCUT2D eigenvalue weighted by Crippen LogP contribution is 2.13. The number of nitrogens with zero attached hydrogens (tertiary/aromatic N) is 3. The number of hydrogen-bond acceptors (Lipinski definition) is 4. The molecule has 0 saturated carbocycles. The highest BCUT2D eigenvalue weighted by atomic mass is 19.1. The van der Waals surface area contributed by atoms with E-state index < -0.39 is 17.2 Å². The van der Waals surface area contributed by atoms with E-state index >= 15 is 0 Å². The Hall–Kier alpha value is -3.81. The lowest BCUT2D eigenvalue weighted by atomic mass is 10.1. The second-order valence-electron chi connectivity index (χ2n) is 6.94. The number of nitrogens with one attached hydrogen (secondary N) is 1. The van der Waals surface area contributed by atoms with Crippen LogP contribution in [0.3, 0.4) is 0 Å². The number of aromatic nitrogens is 2. The SMILES string of the molecule is Cc1cc(=O)c(C(=O)NCc2cccc(C(=O)N(C)C)c2)nn1-c1ccccc1F. The molecule has 0 saturated heterocycles. The van der Waals surface area contributed by atoms with Crippen LogP contribution in [0.1, 0.15) is 32.1 Å². The van der Waals surface area contributed by atoms with E-state index in [4.69, 9.17) is 0 Å². The number of rotatable bonds is 5. The maximum atomic E-state index is 14.1. The summed E-state index contributed by atoms with van der Waals surface area (Å²) in [5.41, 5.74) is 0.814. The van der Waals surface area contributed by atoms with Gasteiger partial charge in [0.2, 0.25) is 5.43 Å². The zero-order chi connectivity index (χ0) is 21.8. The summed E-state index contributed by atoms with van der Waals surface area (Å²) in [6.07, 6.45) is 0. The van der Waals surface area contributed by atoms with Crippen LogP contribution in [0.15, 0.2) is 59.4 Å². The minimum atomic E-state index is -0.686. The summed E-state index contributed by atoms with van der Waals surface area (Å²) in [5.74, 6) is -1.36. The number of carbonyl (C=O) groups is 2. The van der Waals surface area contributed by atoms with E-state index in [9.17, 15) is 18.8 Å². The van der Waals surface area contributed by atoms with E-state index in [0.717, 1.165) is 0 Å². The molecule has 1 aromatic heterocycles. The maximum absolute atomic E-state index is 14.1. The first kappa shape index (κ1) is 20.9. The lowest BCUT2D eigenvalue weighted by Crippen LogP contribution is -2.32. The molecule has 1 heterocycles. The molecule has 3 aromatic rings. The van der Waals surface area contributed by atoms with E-state index in [0.29, 0.717) is 16.8 Å². The minimum absolute atomic E-state index is 0.0993. The molecule has 0 aliphatic heterocycles. The number of carbonyl (C=O) groups excluding carboxylic acids is 2. The Bertz CT molecular complexity index is 1170. The Morgan fingerprint density at radius 2 is 1.83 bits per heavy atom. The molecule has 1 N–H and O–H groups in total. The van der Waals surface area contributed by atoms with Crippen molar-refractivity contribution in [2.24, 2.45) is 0 Å². The second kappa shape index (κ2) is 8.69. The van der Waals surface area contributed by atoms with Crippen LogP contribution in [0.5, 0.6) is 0 Å². The normalized spacial score (nSPS) is 10.5. The topological polar surface area (TPSA) is 84.3 Å². The van der Waals surface area contributed by atoms with Crippen LogP contribution >= 0.6 is 0 Å². The first-order valence-corrected chi connectivity index (χ1v) is 9.22. The third-order valence-corrected chi connectivity index (χ3v) is 4.44. The fourth-order valence-electron chi connectivity index (χ4n) is 2.91. The maximum Gasteiger partial charge on any atom is 0.276 e. The molecule has 2 aromatic carbocycles. The Morgan fingerprint density at radius 1 is 1.10 bits per heavy atom. The molecule has 8 heteroatoms. The number of halogens is 1. The second-order valence-corrected chi connectivity index (χ2v) is 6.94. The third kappa shape index (κ3) is 4.43. The van der Waals surface area contributed by atoms with E-state index in [2.05, 4.69) is 10.4 Å². The fourth-order valence-corrected chi connectivity index (χ4v) is 2.91. The van der Waals surface area contributed by atoms with Crippen molar-refractivity contribution < 1.29 is 14.0 Å². The molecule has 7 nitrogen and oxygen atoms in total. The van der Waals surface area contributed by atoms with Gasteiger partial charge in [0.05, 0.1) is 0 Å². The lowest BCUT2D eigenvalue weighted by molar-refractivity contribution is 0.0827. The zero-order valence-electron chi connectivity index (χ0n) is 16.8.